The maximum absolute atomic E-state index is 12.2. The minimum atomic E-state index is -5.55. The van der Waals surface area contributed by atoms with Crippen LogP contribution in [0.15, 0.2) is 21.9 Å². The van der Waals surface area contributed by atoms with Crippen LogP contribution in [-0.2, 0) is 32.0 Å². The lowest BCUT2D eigenvalue weighted by atomic mass is 9.99. The van der Waals surface area contributed by atoms with Gasteiger partial charge in [-0.25, -0.2) is 13.9 Å². The van der Waals surface area contributed by atoms with Gasteiger partial charge in [0.2, 0.25) is 0 Å². The van der Waals surface area contributed by atoms with Crippen molar-refractivity contribution in [3.05, 3.63) is 33.1 Å². The fourth-order valence-electron chi connectivity index (χ4n) is 3.39. The van der Waals surface area contributed by atoms with Crippen molar-refractivity contribution in [3.8, 4) is 0 Å². The minimum Gasteiger partial charge on any atom is -0.388 e. The minimum absolute atomic E-state index is 0.398. The number of hydrogen-bond acceptors (Lipinski definition) is 15. The number of nitrogens with two attached hydrogens (primary N) is 1. The first kappa shape index (κ1) is 29.2. The zero-order valence-corrected chi connectivity index (χ0v) is 19.8. The summed E-state index contributed by atoms with van der Waals surface area (Å²) in [6.07, 6.45) is -14.8. The number of hydrogen-bond donors (Lipinski definition) is 9. The van der Waals surface area contributed by atoms with Gasteiger partial charge in [0.1, 0.15) is 42.7 Å². The Bertz CT molecular complexity index is 1130. The number of rotatable bonds is 9. The Labute approximate surface area is 200 Å². The van der Waals surface area contributed by atoms with E-state index in [1.54, 1.807) is 0 Å². The summed E-state index contributed by atoms with van der Waals surface area (Å²) in [6.45, 7) is -1.41. The number of nitrogens with zero attached hydrogens (tertiary/aromatic N) is 1. The molecule has 1 aromatic heterocycles. The largest absolute Gasteiger partial charge is 0.483 e. The highest BCUT2D eigenvalue weighted by Gasteiger charge is 2.49. The van der Waals surface area contributed by atoms with Gasteiger partial charge in [0, 0.05) is 18.8 Å². The highest BCUT2D eigenvalue weighted by Crippen LogP contribution is 2.61. The van der Waals surface area contributed by atoms with E-state index in [-0.39, 0.29) is 0 Å². The van der Waals surface area contributed by atoms with Gasteiger partial charge in [-0.3, -0.25) is 23.4 Å². The van der Waals surface area contributed by atoms with Crippen molar-refractivity contribution in [1.82, 2.24) is 9.55 Å². The number of nitrogens with one attached hydrogen (secondary N) is 1. The third kappa shape index (κ3) is 6.54. The zero-order chi connectivity index (χ0) is 27.0. The van der Waals surface area contributed by atoms with Crippen LogP contribution in [0.4, 0.5) is 0 Å². The number of phosphoric ester groups is 2. The molecule has 0 saturated carbocycles. The van der Waals surface area contributed by atoms with E-state index >= 15 is 0 Å². The normalized spacial score (nSPS) is 38.4. The molecule has 0 spiro atoms. The smallest absolute Gasteiger partial charge is 0.388 e. The van der Waals surface area contributed by atoms with Crippen LogP contribution in [0.25, 0.3) is 0 Å². The van der Waals surface area contributed by atoms with Crippen molar-refractivity contribution in [1.29, 1.82) is 0 Å². The second-order valence-electron chi connectivity index (χ2n) is 7.73. The predicted octanol–water partition coefficient (Wildman–Crippen LogP) is -4.83. The molecule has 3 rings (SSSR count). The van der Waals surface area contributed by atoms with Gasteiger partial charge in [-0.2, -0.15) is 4.31 Å². The maximum Gasteiger partial charge on any atom is 0.483 e. The fraction of sp³-hybridized carbons (Fsp3) is 0.733. The van der Waals surface area contributed by atoms with Crippen LogP contribution in [-0.4, -0.2) is 107 Å². The Morgan fingerprint density at radius 2 is 1.58 bits per heavy atom. The first-order chi connectivity index (χ1) is 16.7. The zero-order valence-electron chi connectivity index (χ0n) is 18.0. The summed E-state index contributed by atoms with van der Waals surface area (Å²) < 4.78 is 48.4. The summed E-state index contributed by atoms with van der Waals surface area (Å²) in [7, 11) is -11.0. The van der Waals surface area contributed by atoms with E-state index in [9.17, 15) is 54.0 Å². The molecule has 36 heavy (non-hydrogen) atoms. The summed E-state index contributed by atoms with van der Waals surface area (Å²) in [5, 5.41) is 49.6. The Morgan fingerprint density at radius 3 is 2.19 bits per heavy atom. The van der Waals surface area contributed by atoms with Crippen molar-refractivity contribution in [3.63, 3.8) is 0 Å². The lowest BCUT2D eigenvalue weighted by Gasteiger charge is -2.39. The molecular formula is C15H25N3O16P2. The number of phosphoric acid groups is 2. The molecule has 21 heteroatoms. The number of ether oxygens (including phenoxy) is 2. The van der Waals surface area contributed by atoms with E-state index in [0.29, 0.717) is 0 Å². The predicted molar refractivity (Wildman–Crippen MR) is 111 cm³/mol. The lowest BCUT2D eigenvalue weighted by Crippen LogP contribution is -2.59. The molecule has 2 aliphatic heterocycles. The Morgan fingerprint density at radius 1 is 0.944 bits per heavy atom. The summed E-state index contributed by atoms with van der Waals surface area (Å²) in [5.74, 6) is 0. The molecule has 0 amide bonds. The van der Waals surface area contributed by atoms with Crippen molar-refractivity contribution in [2.45, 2.75) is 55.2 Å². The molecule has 2 aliphatic rings. The van der Waals surface area contributed by atoms with Crippen LogP contribution >= 0.6 is 15.6 Å². The monoisotopic (exact) mass is 565 g/mol. The van der Waals surface area contributed by atoms with Crippen molar-refractivity contribution in [2.24, 2.45) is 5.73 Å². The Kier molecular flexibility index (Phi) is 9.05. The van der Waals surface area contributed by atoms with Gasteiger partial charge >= 0.3 is 21.3 Å². The summed E-state index contributed by atoms with van der Waals surface area (Å²) >= 11 is 0. The second kappa shape index (κ2) is 11.2. The molecule has 0 radical (unpaired) electrons. The summed E-state index contributed by atoms with van der Waals surface area (Å²) in [5.41, 5.74) is 3.59. The van der Waals surface area contributed by atoms with E-state index in [4.69, 9.17) is 15.2 Å². The molecule has 0 aliphatic carbocycles. The first-order valence-electron chi connectivity index (χ1n) is 10.1. The van der Waals surface area contributed by atoms with E-state index in [1.807, 2.05) is 4.98 Å². The number of H-pyrrole nitrogens is 1. The van der Waals surface area contributed by atoms with Crippen LogP contribution in [0.1, 0.15) is 6.23 Å². The fourth-order valence-corrected chi connectivity index (χ4v) is 5.55. The third-order valence-corrected chi connectivity index (χ3v) is 7.81. The van der Waals surface area contributed by atoms with Gasteiger partial charge in [0.15, 0.2) is 12.5 Å². The molecule has 19 nitrogen and oxygen atoms in total. The standard InChI is InChI=1S/C15H25N3O16P2/c16-3-5-8(20)10(22)12(24)14(32-5)33-36(28,29)34-35(26,27)30-4-6-9(21)11(23)13(31-6)18-2-1-7(19)17-15(18)25/h1-2,5-6,8-14,20-24H,3-4,16H2,(H,26,27)(H,28,29)(H,17,19,25)/t5?,6?,8-,9+,10?,11+,12?,13?,14+/m0/s1. The van der Waals surface area contributed by atoms with Crippen molar-refractivity contribution < 1.29 is 67.3 Å². The Balaban J connectivity index is 1.61. The SMILES string of the molecule is NCC1O[C@H](OP(=O)(O)OP(=O)(O)OCC2OC(n3ccc(=O)[nH]c3=O)[C@H](O)[C@@H]2O)C(O)C(O)[C@H]1O. The molecule has 1 aromatic rings. The van der Waals surface area contributed by atoms with Crippen molar-refractivity contribution in [2.75, 3.05) is 13.2 Å². The maximum atomic E-state index is 12.2. The molecule has 206 valence electrons. The molecule has 2 fully saturated rings. The average Bonchev–Trinajstić information content (AvgIpc) is 3.06. The van der Waals surface area contributed by atoms with Crippen LogP contribution < -0.4 is 17.0 Å². The Hall–Kier alpha value is -1.38. The number of aromatic amines is 1. The van der Waals surface area contributed by atoms with Gasteiger partial charge in [-0.15, -0.1) is 0 Å². The second-order valence-corrected chi connectivity index (χ2v) is 10.7. The van der Waals surface area contributed by atoms with E-state index in [2.05, 4.69) is 13.4 Å². The first-order valence-corrected chi connectivity index (χ1v) is 13.1. The van der Waals surface area contributed by atoms with Gasteiger partial charge in [0.25, 0.3) is 5.56 Å². The molecule has 0 bridgehead atoms. The van der Waals surface area contributed by atoms with Gasteiger partial charge in [-0.05, 0) is 0 Å². The number of aliphatic hydroxyl groups is 5. The third-order valence-electron chi connectivity index (χ3n) is 5.21. The van der Waals surface area contributed by atoms with Crippen molar-refractivity contribution >= 4 is 15.6 Å². The van der Waals surface area contributed by atoms with Gasteiger partial charge in [0.05, 0.1) is 6.61 Å². The number of aliphatic hydroxyl groups excluding tert-OH is 5. The van der Waals surface area contributed by atoms with Crippen LogP contribution in [0.2, 0.25) is 0 Å². The van der Waals surface area contributed by atoms with E-state index in [1.165, 1.54) is 0 Å². The molecular weight excluding hydrogens is 540 g/mol. The molecule has 11 atom stereocenters. The van der Waals surface area contributed by atoms with Crippen LogP contribution in [0.3, 0.4) is 0 Å². The average molecular weight is 565 g/mol. The topological polar surface area (TPSA) is 303 Å². The van der Waals surface area contributed by atoms with Crippen LogP contribution in [0, 0.1) is 0 Å². The van der Waals surface area contributed by atoms with Crippen LogP contribution in [0.5, 0.6) is 0 Å². The lowest BCUT2D eigenvalue weighted by molar-refractivity contribution is -0.273. The van der Waals surface area contributed by atoms with Gasteiger partial charge < -0.3 is 50.5 Å². The molecule has 0 aromatic carbocycles. The molecule has 3 heterocycles. The van der Waals surface area contributed by atoms with Gasteiger partial charge in [-0.1, -0.05) is 0 Å². The summed E-state index contributed by atoms with van der Waals surface area (Å²) in [4.78, 5) is 44.6. The quantitative estimate of drug-likeness (QED) is 0.127. The molecule has 7 unspecified atom stereocenters. The molecule has 2 saturated heterocycles. The van der Waals surface area contributed by atoms with E-state index < -0.39 is 95.3 Å². The highest BCUT2D eigenvalue weighted by molar-refractivity contribution is 7.61. The summed E-state index contributed by atoms with van der Waals surface area (Å²) in [6, 6.07) is 0.935. The van der Waals surface area contributed by atoms with E-state index in [0.717, 1.165) is 16.8 Å². The molecule has 10 N–H and O–H groups in total. The number of aromatic nitrogens is 2. The highest BCUT2D eigenvalue weighted by atomic mass is 31.3.